The Morgan fingerprint density at radius 3 is 2.96 bits per heavy atom. The second kappa shape index (κ2) is 5.97. The molecule has 2 bridgehead atoms. The minimum atomic E-state index is -0.102. The molecule has 3 atom stereocenters. The summed E-state index contributed by atoms with van der Waals surface area (Å²) in [5.41, 5.74) is 1.42. The van der Waals surface area contributed by atoms with Gasteiger partial charge in [0.2, 0.25) is 0 Å². The molecule has 1 aromatic heterocycles. The van der Waals surface area contributed by atoms with Gasteiger partial charge in [-0.2, -0.15) is 0 Å². The summed E-state index contributed by atoms with van der Waals surface area (Å²) in [5.74, 6) is -0.0401. The van der Waals surface area contributed by atoms with Crippen molar-refractivity contribution in [2.45, 2.75) is 69.6 Å². The van der Waals surface area contributed by atoms with Crippen molar-refractivity contribution in [3.05, 3.63) is 41.9 Å². The van der Waals surface area contributed by atoms with E-state index in [1.165, 1.54) is 6.42 Å². The van der Waals surface area contributed by atoms with Crippen LogP contribution in [0.5, 0.6) is 0 Å². The summed E-state index contributed by atoms with van der Waals surface area (Å²) in [6.45, 7) is 4.07. The van der Waals surface area contributed by atoms with Gasteiger partial charge in [0.15, 0.2) is 0 Å². The Labute approximate surface area is 149 Å². The molecule has 2 saturated carbocycles. The molecule has 2 heterocycles. The van der Waals surface area contributed by atoms with Crippen molar-refractivity contribution < 1.29 is 4.79 Å². The topological polar surface area (TPSA) is 57.6 Å². The Morgan fingerprint density at radius 1 is 1.28 bits per heavy atom. The van der Waals surface area contributed by atoms with Crippen LogP contribution in [-0.2, 0) is 0 Å². The van der Waals surface area contributed by atoms with Crippen molar-refractivity contribution in [3.63, 3.8) is 0 Å². The third kappa shape index (κ3) is 2.86. The summed E-state index contributed by atoms with van der Waals surface area (Å²) < 4.78 is 0. The number of carbonyl (C=O) groups is 1. The van der Waals surface area contributed by atoms with Crippen LogP contribution >= 0.6 is 0 Å². The van der Waals surface area contributed by atoms with Crippen LogP contribution in [0, 0.1) is 6.92 Å². The van der Waals surface area contributed by atoms with Crippen LogP contribution in [0.3, 0.4) is 0 Å². The van der Waals surface area contributed by atoms with Crippen LogP contribution in [0.1, 0.15) is 61.6 Å². The number of allylic oxidation sites excluding steroid dienone is 1. The lowest BCUT2D eigenvalue weighted by molar-refractivity contribution is 0.0620. The molecule has 4 rings (SSSR count). The quantitative estimate of drug-likeness (QED) is 0.921. The standard InChI is InChI=1S/C20H26N4O/c1-15-6-3-7-17(22-15)18(25)23-19-8-4-9-20(14-19,11-10-19)24-13-5-12-21-16(24)2/h3,5-7,12-13,16H,4,8-11,14H2,1-2H3,(H,23,25). The third-order valence-corrected chi connectivity index (χ3v) is 6.12. The normalized spacial score (nSPS) is 33.5. The second-order valence-corrected chi connectivity index (χ2v) is 7.83. The number of carbonyl (C=O) groups excluding carboxylic acids is 1. The number of nitrogens with one attached hydrogen (secondary N) is 1. The number of rotatable bonds is 3. The van der Waals surface area contributed by atoms with Crippen molar-refractivity contribution in [3.8, 4) is 0 Å². The van der Waals surface area contributed by atoms with Crippen LogP contribution < -0.4 is 5.32 Å². The molecule has 2 fully saturated rings. The van der Waals surface area contributed by atoms with E-state index < -0.39 is 0 Å². The first-order valence-electron chi connectivity index (χ1n) is 9.27. The van der Waals surface area contributed by atoms with Crippen molar-refractivity contribution in [2.24, 2.45) is 4.99 Å². The van der Waals surface area contributed by atoms with E-state index in [1.807, 2.05) is 31.3 Å². The molecular weight excluding hydrogens is 312 g/mol. The zero-order valence-electron chi connectivity index (χ0n) is 15.0. The molecule has 25 heavy (non-hydrogen) atoms. The van der Waals surface area contributed by atoms with Gasteiger partial charge >= 0.3 is 0 Å². The smallest absolute Gasteiger partial charge is 0.270 e. The van der Waals surface area contributed by atoms with Crippen LogP contribution in [0.4, 0.5) is 0 Å². The Kier molecular flexibility index (Phi) is 3.89. The first-order chi connectivity index (χ1) is 12.0. The lowest BCUT2D eigenvalue weighted by Gasteiger charge is -2.48. The van der Waals surface area contributed by atoms with E-state index in [1.54, 1.807) is 6.07 Å². The van der Waals surface area contributed by atoms with Gasteiger partial charge in [-0.15, -0.1) is 0 Å². The molecular formula is C20H26N4O. The molecule has 1 aliphatic heterocycles. The Balaban J connectivity index is 1.54. The summed E-state index contributed by atoms with van der Waals surface area (Å²) in [7, 11) is 0. The van der Waals surface area contributed by atoms with Crippen LogP contribution in [0.2, 0.25) is 0 Å². The summed E-state index contributed by atoms with van der Waals surface area (Å²) >= 11 is 0. The number of aliphatic imine (C=N–C) groups is 1. The molecule has 0 aromatic carbocycles. The number of pyridine rings is 1. The van der Waals surface area contributed by atoms with E-state index in [4.69, 9.17) is 0 Å². The first kappa shape index (κ1) is 16.3. The average molecular weight is 338 g/mol. The molecule has 1 aromatic rings. The summed E-state index contributed by atoms with van der Waals surface area (Å²) in [4.78, 5) is 24.1. The monoisotopic (exact) mass is 338 g/mol. The maximum absolute atomic E-state index is 12.8. The molecule has 5 heteroatoms. The lowest BCUT2D eigenvalue weighted by Crippen LogP contribution is -2.56. The molecule has 1 N–H and O–H groups in total. The fraction of sp³-hybridized carbons (Fsp3) is 0.550. The molecule has 0 saturated heterocycles. The molecule has 132 valence electrons. The summed E-state index contributed by atoms with van der Waals surface area (Å²) in [6, 6.07) is 5.61. The highest BCUT2D eigenvalue weighted by molar-refractivity contribution is 5.92. The van der Waals surface area contributed by atoms with Gasteiger partial charge < -0.3 is 10.2 Å². The maximum atomic E-state index is 12.8. The number of aromatic nitrogens is 1. The van der Waals surface area contributed by atoms with Crippen LogP contribution in [-0.4, -0.2) is 39.2 Å². The SMILES string of the molecule is Cc1cccc(C(=O)NC23CCCC(N4C=CC=NC4C)(CC2)C3)n1. The fourth-order valence-electron chi connectivity index (χ4n) is 5.01. The molecule has 2 aliphatic carbocycles. The van der Waals surface area contributed by atoms with Gasteiger partial charge in [0.1, 0.15) is 11.9 Å². The van der Waals surface area contributed by atoms with E-state index in [-0.39, 0.29) is 23.2 Å². The van der Waals surface area contributed by atoms with Gasteiger partial charge in [-0.05, 0) is 70.6 Å². The van der Waals surface area contributed by atoms with Gasteiger partial charge in [0, 0.05) is 29.2 Å². The first-order valence-corrected chi connectivity index (χ1v) is 9.27. The Bertz CT molecular complexity index is 743. The van der Waals surface area contributed by atoms with E-state index >= 15 is 0 Å². The average Bonchev–Trinajstić information content (AvgIpc) is 2.86. The van der Waals surface area contributed by atoms with Gasteiger partial charge in [-0.1, -0.05) is 6.07 Å². The van der Waals surface area contributed by atoms with Gasteiger partial charge in [0.25, 0.3) is 5.91 Å². The number of fused-ring (bicyclic) bond motifs is 2. The molecule has 1 amide bonds. The highest BCUT2D eigenvalue weighted by Gasteiger charge is 2.54. The van der Waals surface area contributed by atoms with Crippen molar-refractivity contribution >= 4 is 12.1 Å². The fourth-order valence-corrected chi connectivity index (χ4v) is 5.01. The van der Waals surface area contributed by atoms with Crippen molar-refractivity contribution in [1.29, 1.82) is 0 Å². The molecule has 5 nitrogen and oxygen atoms in total. The molecule has 0 spiro atoms. The predicted octanol–water partition coefficient (Wildman–Crippen LogP) is 3.21. The van der Waals surface area contributed by atoms with Crippen LogP contribution in [0.25, 0.3) is 0 Å². The van der Waals surface area contributed by atoms with Crippen molar-refractivity contribution in [1.82, 2.24) is 15.2 Å². The summed E-state index contributed by atoms with van der Waals surface area (Å²) in [5, 5.41) is 3.36. The third-order valence-electron chi connectivity index (χ3n) is 6.12. The minimum Gasteiger partial charge on any atom is -0.350 e. The lowest BCUT2D eigenvalue weighted by atomic mass is 9.77. The highest BCUT2D eigenvalue weighted by Crippen LogP contribution is 2.52. The number of hydrogen-bond acceptors (Lipinski definition) is 4. The zero-order chi connectivity index (χ0) is 17.5. The Hall–Kier alpha value is -2.17. The molecule has 3 aliphatic rings. The van der Waals surface area contributed by atoms with Gasteiger partial charge in [-0.3, -0.25) is 9.79 Å². The van der Waals surface area contributed by atoms with E-state index in [9.17, 15) is 4.79 Å². The van der Waals surface area contributed by atoms with Gasteiger partial charge in [0.05, 0.1) is 0 Å². The Morgan fingerprint density at radius 2 is 2.16 bits per heavy atom. The number of nitrogens with zero attached hydrogens (tertiary/aromatic N) is 3. The maximum Gasteiger partial charge on any atom is 0.270 e. The highest BCUT2D eigenvalue weighted by atomic mass is 16.2. The number of amides is 1. The minimum absolute atomic E-state index is 0.0401. The molecule has 3 unspecified atom stereocenters. The number of hydrogen-bond donors (Lipinski definition) is 1. The number of aryl methyl sites for hydroxylation is 1. The largest absolute Gasteiger partial charge is 0.350 e. The predicted molar refractivity (Wildman–Crippen MR) is 98.5 cm³/mol. The van der Waals surface area contributed by atoms with E-state index in [0.717, 1.165) is 37.8 Å². The van der Waals surface area contributed by atoms with E-state index in [0.29, 0.717) is 5.69 Å². The van der Waals surface area contributed by atoms with E-state index in [2.05, 4.69) is 33.3 Å². The summed E-state index contributed by atoms with van der Waals surface area (Å²) in [6.07, 6.45) is 12.8. The zero-order valence-corrected chi connectivity index (χ0v) is 15.0. The van der Waals surface area contributed by atoms with Crippen LogP contribution in [0.15, 0.2) is 35.5 Å². The molecule has 0 radical (unpaired) electrons. The van der Waals surface area contributed by atoms with Crippen molar-refractivity contribution in [2.75, 3.05) is 0 Å². The second-order valence-electron chi connectivity index (χ2n) is 7.83. The van der Waals surface area contributed by atoms with Gasteiger partial charge in [-0.25, -0.2) is 4.98 Å².